The number of rotatable bonds is 5. The van der Waals surface area contributed by atoms with Crippen molar-refractivity contribution < 1.29 is 9.59 Å². The number of anilines is 1. The zero-order valence-corrected chi connectivity index (χ0v) is 19.4. The minimum Gasteiger partial charge on any atom is -0.321 e. The van der Waals surface area contributed by atoms with Crippen LogP contribution in [0, 0.1) is 11.8 Å². The van der Waals surface area contributed by atoms with Gasteiger partial charge in [-0.3, -0.25) is 14.3 Å². The van der Waals surface area contributed by atoms with Crippen LogP contribution in [0.25, 0.3) is 16.6 Å². The Kier molecular flexibility index (Phi) is 5.39. The van der Waals surface area contributed by atoms with E-state index >= 15 is 0 Å². The van der Waals surface area contributed by atoms with Gasteiger partial charge in [0.15, 0.2) is 5.69 Å². The number of aromatic nitrogens is 2. The molecule has 3 aromatic rings. The van der Waals surface area contributed by atoms with E-state index in [2.05, 4.69) is 26.0 Å². The number of carbonyl (C=O) groups is 2. The normalized spacial score (nSPS) is 19.2. The number of nitrogens with zero attached hydrogens (tertiary/aromatic N) is 4. The smallest absolute Gasteiger partial charge is 0.276 e. The maximum atomic E-state index is 13.2. The van der Waals surface area contributed by atoms with Gasteiger partial charge in [0.05, 0.1) is 22.2 Å². The number of halogens is 1. The summed E-state index contributed by atoms with van der Waals surface area (Å²) < 4.78 is 1.91. The first kappa shape index (κ1) is 21.6. The van der Waals surface area contributed by atoms with Crippen molar-refractivity contribution in [2.45, 2.75) is 6.54 Å². The third kappa shape index (κ3) is 3.90. The predicted molar refractivity (Wildman–Crippen MR) is 134 cm³/mol. The minimum atomic E-state index is -0.456. The number of para-hydroxylation sites is 1. The SMILES string of the molecule is O=C(Nc1ccc(C2=C3C=CC=CC3C(=O)N=N2)c(Cl)c1)c1nn(CC2CNC2)c2ccccc12. The van der Waals surface area contributed by atoms with Crippen LogP contribution in [0.3, 0.4) is 0 Å². The van der Waals surface area contributed by atoms with Crippen molar-refractivity contribution in [3.63, 3.8) is 0 Å². The summed E-state index contributed by atoms with van der Waals surface area (Å²) in [6.45, 7) is 2.68. The van der Waals surface area contributed by atoms with Crippen LogP contribution in [-0.2, 0) is 11.3 Å². The van der Waals surface area contributed by atoms with Crippen LogP contribution in [0.4, 0.5) is 5.69 Å². The number of amides is 2. The molecule has 0 radical (unpaired) electrons. The monoisotopic (exact) mass is 484 g/mol. The van der Waals surface area contributed by atoms with Gasteiger partial charge in [0.2, 0.25) is 0 Å². The molecule has 2 amide bonds. The first-order valence-electron chi connectivity index (χ1n) is 11.4. The van der Waals surface area contributed by atoms with Crippen molar-refractivity contribution in [1.29, 1.82) is 0 Å². The van der Waals surface area contributed by atoms with Gasteiger partial charge in [-0.1, -0.05) is 54.1 Å². The van der Waals surface area contributed by atoms with E-state index in [1.54, 1.807) is 24.3 Å². The number of azo groups is 1. The Morgan fingerprint density at radius 2 is 2.00 bits per heavy atom. The molecule has 1 atom stereocenters. The summed E-state index contributed by atoms with van der Waals surface area (Å²) in [5.74, 6) is -0.551. The minimum absolute atomic E-state index is 0.301. The predicted octanol–water partition coefficient (Wildman–Crippen LogP) is 4.61. The Bertz CT molecular complexity index is 1490. The summed E-state index contributed by atoms with van der Waals surface area (Å²) >= 11 is 6.60. The summed E-state index contributed by atoms with van der Waals surface area (Å²) in [5.41, 5.74) is 3.80. The highest BCUT2D eigenvalue weighted by Crippen LogP contribution is 2.37. The van der Waals surface area contributed by atoms with E-state index in [0.717, 1.165) is 36.1 Å². The standard InChI is InChI=1S/C26H21ClN6O2/c27-21-11-16(9-10-19(21)23-17-5-1-2-6-18(17)25(34)31-30-23)29-26(35)24-20-7-3-4-8-22(20)33(32-24)14-15-12-28-13-15/h1-11,15,18,28H,12-14H2,(H,29,35). The molecule has 1 saturated heterocycles. The highest BCUT2D eigenvalue weighted by Gasteiger charge is 2.29. The van der Waals surface area contributed by atoms with Gasteiger partial charge in [-0.25, -0.2) is 0 Å². The maximum Gasteiger partial charge on any atom is 0.276 e. The van der Waals surface area contributed by atoms with Crippen LogP contribution in [0.1, 0.15) is 16.1 Å². The number of hydrogen-bond donors (Lipinski definition) is 2. The van der Waals surface area contributed by atoms with Crippen LogP contribution in [-0.4, -0.2) is 34.7 Å². The lowest BCUT2D eigenvalue weighted by molar-refractivity contribution is -0.119. The fraction of sp³-hybridized carbons (Fsp3) is 0.192. The molecule has 9 heteroatoms. The largest absolute Gasteiger partial charge is 0.321 e. The summed E-state index contributed by atoms with van der Waals surface area (Å²) in [4.78, 5) is 25.3. The molecule has 1 aromatic heterocycles. The molecule has 2 N–H and O–H groups in total. The zero-order chi connectivity index (χ0) is 23.9. The van der Waals surface area contributed by atoms with Crippen LogP contribution in [0.5, 0.6) is 0 Å². The van der Waals surface area contributed by atoms with Gasteiger partial charge in [0, 0.05) is 42.2 Å². The van der Waals surface area contributed by atoms with Gasteiger partial charge in [0.1, 0.15) is 0 Å². The highest BCUT2D eigenvalue weighted by atomic mass is 35.5. The van der Waals surface area contributed by atoms with Crippen molar-refractivity contribution in [2.24, 2.45) is 22.1 Å². The lowest BCUT2D eigenvalue weighted by atomic mass is 9.89. The summed E-state index contributed by atoms with van der Waals surface area (Å²) in [5, 5.41) is 19.9. The first-order valence-corrected chi connectivity index (χ1v) is 11.8. The second-order valence-electron chi connectivity index (χ2n) is 8.78. The van der Waals surface area contributed by atoms with Gasteiger partial charge >= 0.3 is 0 Å². The second-order valence-corrected chi connectivity index (χ2v) is 9.19. The third-order valence-electron chi connectivity index (χ3n) is 6.47. The zero-order valence-electron chi connectivity index (χ0n) is 18.6. The van der Waals surface area contributed by atoms with E-state index in [9.17, 15) is 9.59 Å². The molecule has 0 bridgehead atoms. The number of hydrogen-bond acceptors (Lipinski definition) is 5. The number of allylic oxidation sites excluding steroid dienone is 3. The molecule has 35 heavy (non-hydrogen) atoms. The maximum absolute atomic E-state index is 13.2. The van der Waals surface area contributed by atoms with Gasteiger partial charge in [0.25, 0.3) is 11.8 Å². The Labute approximate surface area is 206 Å². The van der Waals surface area contributed by atoms with Crippen LogP contribution in [0.15, 0.2) is 82.6 Å². The quantitative estimate of drug-likeness (QED) is 0.552. The van der Waals surface area contributed by atoms with Gasteiger partial charge < -0.3 is 10.6 Å². The molecule has 1 aliphatic carbocycles. The van der Waals surface area contributed by atoms with Crippen molar-refractivity contribution in [3.05, 3.63) is 88.6 Å². The highest BCUT2D eigenvalue weighted by molar-refractivity contribution is 6.33. The fourth-order valence-corrected chi connectivity index (χ4v) is 4.81. The Morgan fingerprint density at radius 1 is 1.14 bits per heavy atom. The van der Waals surface area contributed by atoms with Crippen molar-refractivity contribution >= 4 is 45.7 Å². The molecular weight excluding hydrogens is 464 g/mol. The van der Waals surface area contributed by atoms with Crippen molar-refractivity contribution in [2.75, 3.05) is 18.4 Å². The summed E-state index contributed by atoms with van der Waals surface area (Å²) in [6.07, 6.45) is 7.32. The van der Waals surface area contributed by atoms with E-state index < -0.39 is 5.92 Å². The summed E-state index contributed by atoms with van der Waals surface area (Å²) in [6, 6.07) is 13.0. The molecule has 0 saturated carbocycles. The van der Waals surface area contributed by atoms with E-state index in [-0.39, 0.29) is 11.8 Å². The average molecular weight is 485 g/mol. The molecule has 6 rings (SSSR count). The molecule has 174 valence electrons. The van der Waals surface area contributed by atoms with Crippen molar-refractivity contribution in [1.82, 2.24) is 15.1 Å². The molecule has 1 unspecified atom stereocenters. The molecule has 2 aliphatic heterocycles. The van der Waals surface area contributed by atoms with Gasteiger partial charge in [-0.2, -0.15) is 5.10 Å². The second kappa shape index (κ2) is 8.72. The van der Waals surface area contributed by atoms with Crippen molar-refractivity contribution in [3.8, 4) is 0 Å². The molecule has 0 spiro atoms. The molecule has 1 fully saturated rings. The molecule has 8 nitrogen and oxygen atoms in total. The fourth-order valence-electron chi connectivity index (χ4n) is 4.54. The number of nitrogens with one attached hydrogen (secondary N) is 2. The average Bonchev–Trinajstić information content (AvgIpc) is 3.21. The lowest BCUT2D eigenvalue weighted by Gasteiger charge is -2.27. The Hall–Kier alpha value is -3.88. The van der Waals surface area contributed by atoms with Gasteiger partial charge in [-0.15, -0.1) is 10.2 Å². The van der Waals surface area contributed by atoms with E-state index in [1.807, 2.05) is 47.2 Å². The first-order chi connectivity index (χ1) is 17.1. The number of carbonyl (C=O) groups excluding carboxylic acids is 2. The number of benzene rings is 2. The van der Waals surface area contributed by atoms with E-state index in [1.165, 1.54) is 0 Å². The summed E-state index contributed by atoms with van der Waals surface area (Å²) in [7, 11) is 0. The van der Waals surface area contributed by atoms with E-state index in [4.69, 9.17) is 11.6 Å². The molecule has 3 heterocycles. The third-order valence-corrected chi connectivity index (χ3v) is 6.78. The lowest BCUT2D eigenvalue weighted by Crippen LogP contribution is -2.44. The molecular formula is C26H21ClN6O2. The topological polar surface area (TPSA) is 101 Å². The van der Waals surface area contributed by atoms with Crippen LogP contribution in [0.2, 0.25) is 5.02 Å². The number of fused-ring (bicyclic) bond motifs is 2. The Morgan fingerprint density at radius 3 is 2.80 bits per heavy atom. The molecule has 2 aromatic carbocycles. The Balaban J connectivity index is 1.28. The van der Waals surface area contributed by atoms with Crippen LogP contribution >= 0.6 is 11.6 Å². The van der Waals surface area contributed by atoms with Crippen LogP contribution < -0.4 is 10.6 Å². The molecule has 3 aliphatic rings. The van der Waals surface area contributed by atoms with E-state index in [0.29, 0.717) is 33.6 Å². The van der Waals surface area contributed by atoms with Gasteiger partial charge in [-0.05, 0) is 29.8 Å².